The summed E-state index contributed by atoms with van der Waals surface area (Å²) in [6.07, 6.45) is 3.46. The minimum absolute atomic E-state index is 0.209. The van der Waals surface area contributed by atoms with Crippen LogP contribution in [-0.4, -0.2) is 19.1 Å². The van der Waals surface area contributed by atoms with Crippen molar-refractivity contribution in [2.45, 2.75) is 32.2 Å². The summed E-state index contributed by atoms with van der Waals surface area (Å²) < 4.78 is 5.64. The molecule has 19 heavy (non-hydrogen) atoms. The van der Waals surface area contributed by atoms with Gasteiger partial charge in [-0.2, -0.15) is 0 Å². The van der Waals surface area contributed by atoms with E-state index in [4.69, 9.17) is 10.5 Å². The summed E-state index contributed by atoms with van der Waals surface area (Å²) in [6, 6.07) is 8.32. The van der Waals surface area contributed by atoms with Gasteiger partial charge in [-0.25, -0.2) is 0 Å². The van der Waals surface area contributed by atoms with Crippen molar-refractivity contribution in [3.8, 4) is 5.75 Å². The second kappa shape index (κ2) is 4.76. The largest absolute Gasteiger partial charge is 0.493 e. The molecule has 3 N–H and O–H groups in total. The molecule has 1 aromatic carbocycles. The minimum atomic E-state index is 0.209. The molecule has 4 nitrogen and oxygen atoms in total. The molecule has 2 aliphatic rings. The molecule has 1 fully saturated rings. The molecular weight excluding hydrogens is 238 g/mol. The summed E-state index contributed by atoms with van der Waals surface area (Å²) in [5, 5.41) is 3.32. The zero-order valence-electron chi connectivity index (χ0n) is 11.4. The lowest BCUT2D eigenvalue weighted by atomic mass is 10.0. The van der Waals surface area contributed by atoms with Gasteiger partial charge in [0.15, 0.2) is 5.96 Å². The van der Waals surface area contributed by atoms with Crippen molar-refractivity contribution in [1.29, 1.82) is 0 Å². The molecule has 0 aromatic heterocycles. The topological polar surface area (TPSA) is 59.6 Å². The van der Waals surface area contributed by atoms with Gasteiger partial charge in [0.1, 0.15) is 5.75 Å². The fourth-order valence-corrected chi connectivity index (χ4v) is 2.36. The van der Waals surface area contributed by atoms with E-state index in [1.165, 1.54) is 18.4 Å². The van der Waals surface area contributed by atoms with Gasteiger partial charge in [0.2, 0.25) is 0 Å². The summed E-state index contributed by atoms with van der Waals surface area (Å²) in [7, 11) is 0. The fraction of sp³-hybridized carbons (Fsp3) is 0.533. The summed E-state index contributed by atoms with van der Waals surface area (Å²) in [6.45, 7) is 3.81. The van der Waals surface area contributed by atoms with Gasteiger partial charge in [-0.05, 0) is 24.3 Å². The Morgan fingerprint density at radius 3 is 3.05 bits per heavy atom. The number of nitrogens with zero attached hydrogens (tertiary/aromatic N) is 1. The van der Waals surface area contributed by atoms with Crippen molar-refractivity contribution in [3.05, 3.63) is 29.8 Å². The Morgan fingerprint density at radius 1 is 1.47 bits per heavy atom. The van der Waals surface area contributed by atoms with Crippen LogP contribution >= 0.6 is 0 Å². The first kappa shape index (κ1) is 12.3. The maximum atomic E-state index is 5.99. The van der Waals surface area contributed by atoms with E-state index >= 15 is 0 Å². The molecule has 0 amide bonds. The van der Waals surface area contributed by atoms with E-state index in [1.54, 1.807) is 0 Å². The first-order valence-electron chi connectivity index (χ1n) is 6.94. The standard InChI is InChI=1S/C15H21N3O/c1-15(7-8-15)10-17-14(16)18-12-6-9-19-13-5-3-2-4-11(12)13/h2-5,12H,6-10H2,1H3,(H3,16,17,18). The first-order valence-corrected chi connectivity index (χ1v) is 6.94. The molecule has 102 valence electrons. The van der Waals surface area contributed by atoms with Crippen LogP contribution in [0.5, 0.6) is 5.75 Å². The van der Waals surface area contributed by atoms with Crippen molar-refractivity contribution in [1.82, 2.24) is 5.32 Å². The number of fused-ring (bicyclic) bond motifs is 1. The fourth-order valence-electron chi connectivity index (χ4n) is 2.36. The van der Waals surface area contributed by atoms with Crippen molar-refractivity contribution in [3.63, 3.8) is 0 Å². The second-order valence-corrected chi connectivity index (χ2v) is 5.88. The highest BCUT2D eigenvalue weighted by Crippen LogP contribution is 2.45. The van der Waals surface area contributed by atoms with Crippen molar-refractivity contribution < 1.29 is 4.74 Å². The molecule has 1 aliphatic heterocycles. The van der Waals surface area contributed by atoms with E-state index in [1.807, 2.05) is 18.2 Å². The maximum absolute atomic E-state index is 5.99. The third-order valence-electron chi connectivity index (χ3n) is 4.02. The molecule has 1 aliphatic carbocycles. The quantitative estimate of drug-likeness (QED) is 0.646. The normalized spacial score (nSPS) is 24.3. The number of hydrogen-bond acceptors (Lipinski definition) is 2. The molecule has 1 saturated carbocycles. The van der Waals surface area contributed by atoms with Gasteiger partial charge in [-0.1, -0.05) is 25.1 Å². The Bertz CT molecular complexity index is 494. The van der Waals surface area contributed by atoms with Crippen LogP contribution in [0.4, 0.5) is 0 Å². The van der Waals surface area contributed by atoms with Crippen LogP contribution in [0.1, 0.15) is 37.8 Å². The first-order chi connectivity index (χ1) is 9.16. The third kappa shape index (κ3) is 2.83. The highest BCUT2D eigenvalue weighted by molar-refractivity contribution is 5.78. The molecule has 0 bridgehead atoms. The average Bonchev–Trinajstić information content (AvgIpc) is 3.16. The number of nitrogens with one attached hydrogen (secondary N) is 1. The Hall–Kier alpha value is -1.71. The van der Waals surface area contributed by atoms with Crippen molar-refractivity contribution >= 4 is 5.96 Å². The van der Waals surface area contributed by atoms with Crippen LogP contribution in [0.3, 0.4) is 0 Å². The third-order valence-corrected chi connectivity index (χ3v) is 4.02. The van der Waals surface area contributed by atoms with E-state index in [9.17, 15) is 0 Å². The molecule has 1 aromatic rings. The monoisotopic (exact) mass is 259 g/mol. The predicted molar refractivity (Wildman–Crippen MR) is 76.3 cm³/mol. The number of rotatable bonds is 3. The van der Waals surface area contributed by atoms with Gasteiger partial charge in [-0.15, -0.1) is 0 Å². The van der Waals surface area contributed by atoms with Crippen LogP contribution in [-0.2, 0) is 0 Å². The van der Waals surface area contributed by atoms with Crippen LogP contribution in [0.2, 0.25) is 0 Å². The van der Waals surface area contributed by atoms with Gasteiger partial charge in [0.05, 0.1) is 12.6 Å². The Morgan fingerprint density at radius 2 is 2.26 bits per heavy atom. The smallest absolute Gasteiger partial charge is 0.189 e. The number of para-hydroxylation sites is 1. The molecule has 0 saturated heterocycles. The molecule has 1 unspecified atom stereocenters. The zero-order chi connectivity index (χ0) is 13.3. The lowest BCUT2D eigenvalue weighted by Crippen LogP contribution is -2.37. The second-order valence-electron chi connectivity index (χ2n) is 5.88. The highest BCUT2D eigenvalue weighted by Gasteiger charge is 2.36. The van der Waals surface area contributed by atoms with Gasteiger partial charge in [0.25, 0.3) is 0 Å². The van der Waals surface area contributed by atoms with E-state index in [0.717, 1.165) is 25.3 Å². The summed E-state index contributed by atoms with van der Waals surface area (Å²) >= 11 is 0. The Labute approximate surface area is 114 Å². The SMILES string of the molecule is CC1(CN=C(N)NC2CCOc3ccccc32)CC1. The number of guanidine groups is 1. The summed E-state index contributed by atoms with van der Waals surface area (Å²) in [5.41, 5.74) is 7.57. The zero-order valence-corrected chi connectivity index (χ0v) is 11.4. The van der Waals surface area contributed by atoms with E-state index in [-0.39, 0.29) is 6.04 Å². The Kier molecular flexibility index (Phi) is 3.09. The molecule has 1 atom stereocenters. The van der Waals surface area contributed by atoms with Crippen LogP contribution in [0, 0.1) is 5.41 Å². The van der Waals surface area contributed by atoms with Crippen LogP contribution < -0.4 is 15.8 Å². The number of aliphatic imine (C=N–C) groups is 1. The van der Waals surface area contributed by atoms with Crippen molar-refractivity contribution in [2.75, 3.05) is 13.2 Å². The van der Waals surface area contributed by atoms with Crippen LogP contribution in [0.25, 0.3) is 0 Å². The number of benzene rings is 1. The maximum Gasteiger partial charge on any atom is 0.189 e. The number of hydrogen-bond donors (Lipinski definition) is 2. The molecule has 0 spiro atoms. The number of nitrogens with two attached hydrogens (primary N) is 1. The predicted octanol–water partition coefficient (Wildman–Crippen LogP) is 2.21. The van der Waals surface area contributed by atoms with Gasteiger partial charge in [-0.3, -0.25) is 4.99 Å². The van der Waals surface area contributed by atoms with E-state index in [0.29, 0.717) is 11.4 Å². The van der Waals surface area contributed by atoms with E-state index < -0.39 is 0 Å². The van der Waals surface area contributed by atoms with Crippen molar-refractivity contribution in [2.24, 2.45) is 16.1 Å². The lowest BCUT2D eigenvalue weighted by Gasteiger charge is -2.27. The van der Waals surface area contributed by atoms with Gasteiger partial charge < -0.3 is 15.8 Å². The molecular formula is C15H21N3O. The average molecular weight is 259 g/mol. The molecule has 3 rings (SSSR count). The van der Waals surface area contributed by atoms with Gasteiger partial charge in [0, 0.05) is 18.5 Å². The summed E-state index contributed by atoms with van der Waals surface area (Å²) in [5.74, 6) is 1.50. The number of ether oxygens (including phenoxy) is 1. The van der Waals surface area contributed by atoms with E-state index in [2.05, 4.69) is 23.3 Å². The minimum Gasteiger partial charge on any atom is -0.493 e. The highest BCUT2D eigenvalue weighted by atomic mass is 16.5. The van der Waals surface area contributed by atoms with Crippen LogP contribution in [0.15, 0.2) is 29.3 Å². The molecule has 4 heteroatoms. The lowest BCUT2D eigenvalue weighted by molar-refractivity contribution is 0.262. The molecule has 0 radical (unpaired) electrons. The van der Waals surface area contributed by atoms with Gasteiger partial charge >= 0.3 is 0 Å². The summed E-state index contributed by atoms with van der Waals surface area (Å²) in [4.78, 5) is 4.47. The molecule has 1 heterocycles. The Balaban J connectivity index is 1.67.